The number of aromatic nitrogens is 5. The van der Waals surface area contributed by atoms with E-state index in [1.54, 1.807) is 11.6 Å². The fraction of sp³-hybridized carbons (Fsp3) is 0.222. The number of hydrogen-bond acceptors (Lipinski definition) is 7. The zero-order chi connectivity index (χ0) is 24.6. The molecule has 0 radical (unpaired) electrons. The Labute approximate surface area is 208 Å². The van der Waals surface area contributed by atoms with Gasteiger partial charge in [0.1, 0.15) is 17.9 Å². The summed E-state index contributed by atoms with van der Waals surface area (Å²) in [6, 6.07) is 19.5. The van der Waals surface area contributed by atoms with Gasteiger partial charge in [-0.15, -0.1) is 0 Å². The second-order valence-corrected chi connectivity index (χ2v) is 8.81. The van der Waals surface area contributed by atoms with Crippen molar-refractivity contribution in [3.05, 3.63) is 78.2 Å². The lowest BCUT2D eigenvalue weighted by Crippen LogP contribution is -2.49. The summed E-state index contributed by atoms with van der Waals surface area (Å²) >= 11 is 0. The predicted molar refractivity (Wildman–Crippen MR) is 137 cm³/mol. The number of ether oxygens (including phenoxy) is 1. The molecule has 4 heterocycles. The molecule has 36 heavy (non-hydrogen) atoms. The van der Waals surface area contributed by atoms with Gasteiger partial charge in [-0.3, -0.25) is 4.79 Å². The van der Waals surface area contributed by atoms with E-state index in [-0.39, 0.29) is 5.91 Å². The molecular weight excluding hydrogens is 454 g/mol. The van der Waals surface area contributed by atoms with Crippen molar-refractivity contribution in [2.75, 3.05) is 38.2 Å². The van der Waals surface area contributed by atoms with Gasteiger partial charge in [-0.2, -0.15) is 14.6 Å². The first-order valence-electron chi connectivity index (χ1n) is 11.9. The van der Waals surface area contributed by atoms with Crippen molar-refractivity contribution in [1.29, 1.82) is 0 Å². The molecule has 2 aromatic carbocycles. The highest BCUT2D eigenvalue weighted by Crippen LogP contribution is 2.28. The number of nitrogens with zero attached hydrogens (tertiary/aromatic N) is 7. The molecule has 1 fully saturated rings. The standard InChI is InChI=1S/C27H25N7O2/c1-18-15-25(34-27(30-18)28-17-29-34)32-11-13-33(14-12-32)26(35)22-16-24(19-7-9-20(36-2)10-8-19)31-23-6-4-3-5-21(22)23/h3-10,15-17H,11-14H2,1-2H3. The second kappa shape index (κ2) is 8.92. The number of piperazine rings is 1. The van der Waals surface area contributed by atoms with Crippen molar-refractivity contribution in [3.63, 3.8) is 0 Å². The summed E-state index contributed by atoms with van der Waals surface area (Å²) in [6.45, 7) is 4.54. The fourth-order valence-corrected chi connectivity index (χ4v) is 4.71. The molecule has 1 aliphatic rings. The summed E-state index contributed by atoms with van der Waals surface area (Å²) in [5.74, 6) is 2.32. The van der Waals surface area contributed by atoms with Crippen LogP contribution in [0.1, 0.15) is 16.1 Å². The molecule has 1 aliphatic heterocycles. The highest BCUT2D eigenvalue weighted by molar-refractivity contribution is 6.07. The van der Waals surface area contributed by atoms with Crippen LogP contribution in [0.3, 0.4) is 0 Å². The number of methoxy groups -OCH3 is 1. The van der Waals surface area contributed by atoms with Crippen LogP contribution in [0.4, 0.5) is 5.82 Å². The number of benzene rings is 2. The molecule has 9 heteroatoms. The van der Waals surface area contributed by atoms with Crippen molar-refractivity contribution in [1.82, 2.24) is 29.5 Å². The van der Waals surface area contributed by atoms with Gasteiger partial charge in [0, 0.05) is 48.9 Å². The van der Waals surface area contributed by atoms with Crippen LogP contribution in [0.2, 0.25) is 0 Å². The molecule has 0 N–H and O–H groups in total. The third kappa shape index (κ3) is 3.88. The lowest BCUT2D eigenvalue weighted by atomic mass is 10.0. The number of pyridine rings is 1. The Kier molecular flexibility index (Phi) is 5.44. The van der Waals surface area contributed by atoms with E-state index in [1.807, 2.05) is 72.5 Å². The zero-order valence-electron chi connectivity index (χ0n) is 20.1. The number of amides is 1. The number of aryl methyl sites for hydroxylation is 1. The summed E-state index contributed by atoms with van der Waals surface area (Å²) in [4.78, 5) is 31.4. The van der Waals surface area contributed by atoms with Gasteiger partial charge in [0.15, 0.2) is 0 Å². The van der Waals surface area contributed by atoms with Gasteiger partial charge in [-0.05, 0) is 43.3 Å². The van der Waals surface area contributed by atoms with Gasteiger partial charge in [-0.25, -0.2) is 9.97 Å². The predicted octanol–water partition coefficient (Wildman–Crippen LogP) is 3.62. The van der Waals surface area contributed by atoms with E-state index in [1.165, 1.54) is 6.33 Å². The van der Waals surface area contributed by atoms with Crippen molar-refractivity contribution >= 4 is 28.4 Å². The topological polar surface area (TPSA) is 88.8 Å². The quantitative estimate of drug-likeness (QED) is 0.389. The van der Waals surface area contributed by atoms with Crippen LogP contribution in [0.15, 0.2) is 67.0 Å². The maximum absolute atomic E-state index is 13.8. The van der Waals surface area contributed by atoms with Gasteiger partial charge >= 0.3 is 0 Å². The van der Waals surface area contributed by atoms with E-state index in [2.05, 4.69) is 20.0 Å². The first kappa shape index (κ1) is 22.0. The average Bonchev–Trinajstić information content (AvgIpc) is 3.40. The molecule has 6 rings (SSSR count). The van der Waals surface area contributed by atoms with Crippen molar-refractivity contribution < 1.29 is 9.53 Å². The zero-order valence-corrected chi connectivity index (χ0v) is 20.1. The molecule has 0 bridgehead atoms. The summed E-state index contributed by atoms with van der Waals surface area (Å²) < 4.78 is 7.04. The van der Waals surface area contributed by atoms with Crippen LogP contribution in [0.5, 0.6) is 5.75 Å². The molecule has 1 saturated heterocycles. The normalized spacial score (nSPS) is 13.9. The van der Waals surface area contributed by atoms with Crippen molar-refractivity contribution in [2.45, 2.75) is 6.92 Å². The average molecular weight is 480 g/mol. The Morgan fingerprint density at radius 3 is 2.50 bits per heavy atom. The fourth-order valence-electron chi connectivity index (χ4n) is 4.71. The summed E-state index contributed by atoms with van der Waals surface area (Å²) in [7, 11) is 1.64. The third-order valence-corrected chi connectivity index (χ3v) is 6.58. The molecule has 0 aliphatic carbocycles. The molecule has 180 valence electrons. The van der Waals surface area contributed by atoms with E-state index in [0.29, 0.717) is 37.5 Å². The van der Waals surface area contributed by atoms with E-state index < -0.39 is 0 Å². The Balaban J connectivity index is 1.29. The molecule has 3 aromatic heterocycles. The van der Waals surface area contributed by atoms with Gasteiger partial charge in [0.2, 0.25) is 0 Å². The van der Waals surface area contributed by atoms with Gasteiger partial charge in [0.05, 0.1) is 23.9 Å². The van der Waals surface area contributed by atoms with Gasteiger partial charge in [0.25, 0.3) is 11.7 Å². The summed E-state index contributed by atoms with van der Waals surface area (Å²) in [6.07, 6.45) is 1.51. The lowest BCUT2D eigenvalue weighted by Gasteiger charge is -2.36. The maximum atomic E-state index is 13.8. The molecule has 0 unspecified atom stereocenters. The monoisotopic (exact) mass is 479 g/mol. The second-order valence-electron chi connectivity index (χ2n) is 8.81. The molecule has 9 nitrogen and oxygen atoms in total. The summed E-state index contributed by atoms with van der Waals surface area (Å²) in [5.41, 5.74) is 4.05. The summed E-state index contributed by atoms with van der Waals surface area (Å²) in [5, 5.41) is 5.18. The Hall–Kier alpha value is -4.53. The minimum atomic E-state index is 0.0137. The van der Waals surface area contributed by atoms with E-state index >= 15 is 0 Å². The van der Waals surface area contributed by atoms with E-state index in [9.17, 15) is 4.79 Å². The lowest BCUT2D eigenvalue weighted by molar-refractivity contribution is 0.0748. The third-order valence-electron chi connectivity index (χ3n) is 6.58. The number of para-hydroxylation sites is 1. The van der Waals surface area contributed by atoms with Crippen LogP contribution < -0.4 is 9.64 Å². The van der Waals surface area contributed by atoms with Crippen LogP contribution in [-0.2, 0) is 0 Å². The van der Waals surface area contributed by atoms with Crippen LogP contribution in [0.25, 0.3) is 27.9 Å². The highest BCUT2D eigenvalue weighted by atomic mass is 16.5. The number of fused-ring (bicyclic) bond motifs is 2. The minimum Gasteiger partial charge on any atom is -0.497 e. The molecule has 0 atom stereocenters. The van der Waals surface area contributed by atoms with Crippen LogP contribution >= 0.6 is 0 Å². The Bertz CT molecular complexity index is 1570. The number of carbonyl (C=O) groups is 1. The first-order valence-corrected chi connectivity index (χ1v) is 11.9. The highest BCUT2D eigenvalue weighted by Gasteiger charge is 2.26. The largest absolute Gasteiger partial charge is 0.497 e. The molecule has 0 spiro atoms. The molecule has 1 amide bonds. The molecule has 0 saturated carbocycles. The van der Waals surface area contributed by atoms with Gasteiger partial charge in [-0.1, -0.05) is 18.2 Å². The van der Waals surface area contributed by atoms with Crippen molar-refractivity contribution in [3.8, 4) is 17.0 Å². The van der Waals surface area contributed by atoms with Crippen LogP contribution in [-0.4, -0.2) is 68.7 Å². The van der Waals surface area contributed by atoms with Crippen molar-refractivity contribution in [2.24, 2.45) is 0 Å². The smallest absolute Gasteiger partial charge is 0.254 e. The number of hydrogen-bond donors (Lipinski definition) is 0. The van der Waals surface area contributed by atoms with E-state index in [0.717, 1.165) is 39.4 Å². The minimum absolute atomic E-state index is 0.0137. The molecule has 5 aromatic rings. The van der Waals surface area contributed by atoms with Gasteiger partial charge < -0.3 is 14.5 Å². The number of rotatable bonds is 4. The first-order chi connectivity index (χ1) is 17.6. The number of carbonyl (C=O) groups excluding carboxylic acids is 1. The molecular formula is C27H25N7O2. The maximum Gasteiger partial charge on any atom is 0.254 e. The SMILES string of the molecule is COc1ccc(-c2cc(C(=O)N3CCN(c4cc(C)nc5ncnn45)CC3)c3ccccc3n2)cc1. The van der Waals surface area contributed by atoms with Crippen LogP contribution in [0, 0.1) is 6.92 Å². The number of anilines is 1. The Morgan fingerprint density at radius 1 is 0.944 bits per heavy atom. The Morgan fingerprint density at radius 2 is 1.72 bits per heavy atom. The van der Waals surface area contributed by atoms with E-state index in [4.69, 9.17) is 9.72 Å².